The third-order valence-electron chi connectivity index (χ3n) is 4.96. The zero-order valence-electron chi connectivity index (χ0n) is 16.7. The molecule has 1 fully saturated rings. The Balaban J connectivity index is 1.40. The van der Waals surface area contributed by atoms with Crippen molar-refractivity contribution in [3.63, 3.8) is 0 Å². The maximum absolute atomic E-state index is 13.1. The van der Waals surface area contributed by atoms with Crippen LogP contribution in [0.4, 0.5) is 10.2 Å². The molecule has 1 amide bonds. The van der Waals surface area contributed by atoms with Crippen molar-refractivity contribution in [2.45, 2.75) is 6.92 Å². The van der Waals surface area contributed by atoms with Crippen LogP contribution in [-0.4, -0.2) is 58.8 Å². The molecule has 8 heteroatoms. The number of anilines is 1. The number of hydrogen-bond donors (Lipinski definition) is 0. The van der Waals surface area contributed by atoms with Crippen molar-refractivity contribution in [1.29, 1.82) is 0 Å². The van der Waals surface area contributed by atoms with Crippen LogP contribution in [0.2, 0.25) is 0 Å². The molecule has 3 aromatic rings. The van der Waals surface area contributed by atoms with Gasteiger partial charge in [-0.1, -0.05) is 0 Å². The molecule has 0 atom stereocenters. The summed E-state index contributed by atoms with van der Waals surface area (Å²) in [7, 11) is 0. The van der Waals surface area contributed by atoms with Crippen molar-refractivity contribution >= 4 is 11.7 Å². The average Bonchev–Trinajstić information content (AvgIpc) is 2.80. The van der Waals surface area contributed by atoms with E-state index in [9.17, 15) is 9.18 Å². The van der Waals surface area contributed by atoms with Crippen LogP contribution in [0.3, 0.4) is 0 Å². The van der Waals surface area contributed by atoms with Gasteiger partial charge in [-0.15, -0.1) is 10.2 Å². The molecule has 154 valence electrons. The normalized spacial score (nSPS) is 13.9. The fraction of sp³-hybridized carbons (Fsp3) is 0.273. The quantitative estimate of drug-likeness (QED) is 0.647. The molecule has 1 aliphatic rings. The van der Waals surface area contributed by atoms with E-state index in [1.165, 1.54) is 12.1 Å². The lowest BCUT2D eigenvalue weighted by atomic mass is 10.1. The first-order chi connectivity index (χ1) is 14.7. The third-order valence-corrected chi connectivity index (χ3v) is 4.96. The SMILES string of the molecule is CCOc1ncccc1C(=O)N1CCN(c2ccc(-c3ccc(F)cc3)nn2)CC1. The fourth-order valence-electron chi connectivity index (χ4n) is 3.38. The molecule has 0 saturated carbocycles. The molecular weight excluding hydrogens is 385 g/mol. The van der Waals surface area contributed by atoms with Crippen molar-refractivity contribution in [1.82, 2.24) is 20.1 Å². The summed E-state index contributed by atoms with van der Waals surface area (Å²) in [5.74, 6) is 0.762. The number of carbonyl (C=O) groups excluding carboxylic acids is 1. The Hall–Kier alpha value is -3.55. The van der Waals surface area contributed by atoms with Gasteiger partial charge in [0.25, 0.3) is 5.91 Å². The van der Waals surface area contributed by atoms with E-state index in [0.29, 0.717) is 49.9 Å². The molecule has 30 heavy (non-hydrogen) atoms. The zero-order valence-corrected chi connectivity index (χ0v) is 16.7. The number of piperazine rings is 1. The van der Waals surface area contributed by atoms with E-state index in [1.54, 1.807) is 35.4 Å². The second-order valence-electron chi connectivity index (χ2n) is 6.85. The minimum absolute atomic E-state index is 0.0797. The second kappa shape index (κ2) is 8.86. The Morgan fingerprint density at radius 1 is 1.03 bits per heavy atom. The summed E-state index contributed by atoms with van der Waals surface area (Å²) < 4.78 is 18.6. The molecule has 1 aromatic carbocycles. The van der Waals surface area contributed by atoms with Gasteiger partial charge in [-0.25, -0.2) is 9.37 Å². The van der Waals surface area contributed by atoms with Crippen LogP contribution < -0.4 is 9.64 Å². The molecule has 3 heterocycles. The largest absolute Gasteiger partial charge is 0.477 e. The highest BCUT2D eigenvalue weighted by atomic mass is 19.1. The summed E-state index contributed by atoms with van der Waals surface area (Å²) in [4.78, 5) is 21.0. The van der Waals surface area contributed by atoms with Crippen molar-refractivity contribution in [2.75, 3.05) is 37.7 Å². The maximum Gasteiger partial charge on any atom is 0.259 e. The molecule has 1 aliphatic heterocycles. The van der Waals surface area contributed by atoms with E-state index in [-0.39, 0.29) is 11.7 Å². The van der Waals surface area contributed by atoms with Gasteiger partial charge in [0.1, 0.15) is 11.4 Å². The first kappa shape index (κ1) is 19.8. The summed E-state index contributed by atoms with van der Waals surface area (Å²) in [5, 5.41) is 8.58. The Labute approximate surface area is 174 Å². The molecule has 0 N–H and O–H groups in total. The van der Waals surface area contributed by atoms with Gasteiger partial charge in [-0.05, 0) is 55.5 Å². The Morgan fingerprint density at radius 2 is 1.80 bits per heavy atom. The van der Waals surface area contributed by atoms with Gasteiger partial charge >= 0.3 is 0 Å². The lowest BCUT2D eigenvalue weighted by molar-refractivity contribution is 0.0741. The van der Waals surface area contributed by atoms with Gasteiger partial charge in [-0.2, -0.15) is 0 Å². The standard InChI is InChI=1S/C22H22FN5O2/c1-2-30-21-18(4-3-11-24-21)22(29)28-14-12-27(13-15-28)20-10-9-19(25-26-20)16-5-7-17(23)8-6-16/h3-11H,2,12-15H2,1H3. The van der Waals surface area contributed by atoms with Crippen LogP contribution in [0.5, 0.6) is 5.88 Å². The molecule has 0 spiro atoms. The van der Waals surface area contributed by atoms with Crippen molar-refractivity contribution < 1.29 is 13.9 Å². The topological polar surface area (TPSA) is 71.5 Å². The van der Waals surface area contributed by atoms with E-state index in [2.05, 4.69) is 20.1 Å². The minimum atomic E-state index is -0.282. The molecule has 2 aromatic heterocycles. The van der Waals surface area contributed by atoms with E-state index < -0.39 is 0 Å². The molecule has 0 unspecified atom stereocenters. The van der Waals surface area contributed by atoms with Crippen LogP contribution in [0.1, 0.15) is 17.3 Å². The predicted molar refractivity (Wildman–Crippen MR) is 111 cm³/mol. The number of hydrogen-bond acceptors (Lipinski definition) is 6. The van der Waals surface area contributed by atoms with Crippen molar-refractivity contribution in [2.24, 2.45) is 0 Å². The van der Waals surface area contributed by atoms with Crippen molar-refractivity contribution in [3.8, 4) is 17.1 Å². The Bertz CT molecular complexity index is 1000. The minimum Gasteiger partial charge on any atom is -0.477 e. The van der Waals surface area contributed by atoms with E-state index >= 15 is 0 Å². The van der Waals surface area contributed by atoms with Crippen LogP contribution in [0.15, 0.2) is 54.7 Å². The average molecular weight is 407 g/mol. The number of carbonyl (C=O) groups is 1. The Morgan fingerprint density at radius 3 is 2.47 bits per heavy atom. The molecule has 0 bridgehead atoms. The summed E-state index contributed by atoms with van der Waals surface area (Å²) >= 11 is 0. The van der Waals surface area contributed by atoms with Crippen LogP contribution in [0.25, 0.3) is 11.3 Å². The van der Waals surface area contributed by atoms with Gasteiger partial charge in [0.05, 0.1) is 12.3 Å². The number of halogens is 1. The van der Waals surface area contributed by atoms with E-state index in [4.69, 9.17) is 4.74 Å². The number of nitrogens with zero attached hydrogens (tertiary/aromatic N) is 5. The Kier molecular flexibility index (Phi) is 5.83. The second-order valence-corrected chi connectivity index (χ2v) is 6.85. The van der Waals surface area contributed by atoms with Crippen LogP contribution in [-0.2, 0) is 0 Å². The van der Waals surface area contributed by atoms with Gasteiger partial charge < -0.3 is 14.5 Å². The highest BCUT2D eigenvalue weighted by Gasteiger charge is 2.25. The van der Waals surface area contributed by atoms with Gasteiger partial charge in [0.15, 0.2) is 5.82 Å². The highest BCUT2D eigenvalue weighted by molar-refractivity contribution is 5.96. The zero-order chi connectivity index (χ0) is 20.9. The van der Waals surface area contributed by atoms with Gasteiger partial charge in [0, 0.05) is 37.9 Å². The molecule has 0 radical (unpaired) electrons. The number of rotatable bonds is 5. The van der Waals surface area contributed by atoms with E-state index in [0.717, 1.165) is 11.4 Å². The van der Waals surface area contributed by atoms with Crippen LogP contribution in [0, 0.1) is 5.82 Å². The van der Waals surface area contributed by atoms with Gasteiger partial charge in [0.2, 0.25) is 5.88 Å². The molecule has 1 saturated heterocycles. The molecular formula is C22H22FN5O2. The number of benzene rings is 1. The first-order valence-corrected chi connectivity index (χ1v) is 9.87. The van der Waals surface area contributed by atoms with Crippen LogP contribution >= 0.6 is 0 Å². The number of amides is 1. The molecule has 0 aliphatic carbocycles. The summed E-state index contributed by atoms with van der Waals surface area (Å²) in [6, 6.07) is 13.4. The number of pyridine rings is 1. The highest BCUT2D eigenvalue weighted by Crippen LogP contribution is 2.21. The summed E-state index contributed by atoms with van der Waals surface area (Å²) in [6.07, 6.45) is 1.62. The van der Waals surface area contributed by atoms with Crippen molar-refractivity contribution in [3.05, 3.63) is 66.1 Å². The lowest BCUT2D eigenvalue weighted by Gasteiger charge is -2.35. The molecule has 4 rings (SSSR count). The smallest absolute Gasteiger partial charge is 0.259 e. The maximum atomic E-state index is 13.1. The lowest BCUT2D eigenvalue weighted by Crippen LogP contribution is -2.49. The summed E-state index contributed by atoms with van der Waals surface area (Å²) in [5.41, 5.74) is 1.98. The monoisotopic (exact) mass is 407 g/mol. The fourth-order valence-corrected chi connectivity index (χ4v) is 3.38. The van der Waals surface area contributed by atoms with E-state index in [1.807, 2.05) is 19.1 Å². The number of ether oxygens (including phenoxy) is 1. The molecule has 7 nitrogen and oxygen atoms in total. The van der Waals surface area contributed by atoms with Gasteiger partial charge in [-0.3, -0.25) is 4.79 Å². The number of aromatic nitrogens is 3. The third kappa shape index (κ3) is 4.22. The first-order valence-electron chi connectivity index (χ1n) is 9.87. The predicted octanol–water partition coefficient (Wildman–Crippen LogP) is 3.04. The summed E-state index contributed by atoms with van der Waals surface area (Å²) in [6.45, 7) is 4.77.